The standard InChI is InChI=1S/C12H12/c1-10-6-8-12(9-7-10)11-4-2-3-5-11/h2-4,6-9H,5H2,1H3. The van der Waals surface area contributed by atoms with E-state index in [1.807, 2.05) is 0 Å². The third-order valence-corrected chi connectivity index (χ3v) is 2.19. The molecule has 0 heterocycles. The molecule has 0 unspecified atom stereocenters. The van der Waals surface area contributed by atoms with Crippen LogP contribution in [0.5, 0.6) is 0 Å². The van der Waals surface area contributed by atoms with E-state index in [0.29, 0.717) is 0 Å². The van der Waals surface area contributed by atoms with Gasteiger partial charge in [0.05, 0.1) is 0 Å². The SMILES string of the molecule is Cc1ccc(C2=CC=CC2)cc1. The molecular weight excluding hydrogens is 144 g/mol. The molecule has 1 aliphatic carbocycles. The fourth-order valence-electron chi connectivity index (χ4n) is 1.43. The fourth-order valence-corrected chi connectivity index (χ4v) is 1.43. The van der Waals surface area contributed by atoms with E-state index in [9.17, 15) is 0 Å². The lowest BCUT2D eigenvalue weighted by Gasteiger charge is -2.01. The first-order chi connectivity index (χ1) is 5.86. The van der Waals surface area contributed by atoms with Crippen molar-refractivity contribution in [3.8, 4) is 0 Å². The molecule has 0 saturated carbocycles. The van der Waals surface area contributed by atoms with Crippen LogP contribution in [0.4, 0.5) is 0 Å². The molecule has 1 aromatic rings. The summed E-state index contributed by atoms with van der Waals surface area (Å²) < 4.78 is 0. The normalized spacial score (nSPS) is 14.9. The molecule has 0 saturated heterocycles. The van der Waals surface area contributed by atoms with E-state index in [1.165, 1.54) is 16.7 Å². The van der Waals surface area contributed by atoms with Crippen LogP contribution in [0.1, 0.15) is 17.5 Å². The summed E-state index contributed by atoms with van der Waals surface area (Å²) in [5.41, 5.74) is 4.10. The second-order valence-electron chi connectivity index (χ2n) is 3.19. The Balaban J connectivity index is 2.30. The van der Waals surface area contributed by atoms with Gasteiger partial charge in [0.25, 0.3) is 0 Å². The minimum Gasteiger partial charge on any atom is -0.0801 e. The van der Waals surface area contributed by atoms with E-state index < -0.39 is 0 Å². The molecule has 1 aromatic carbocycles. The number of aryl methyl sites for hydroxylation is 1. The zero-order valence-corrected chi connectivity index (χ0v) is 7.25. The third-order valence-electron chi connectivity index (χ3n) is 2.19. The number of allylic oxidation sites excluding steroid dienone is 4. The summed E-state index contributed by atoms with van der Waals surface area (Å²) >= 11 is 0. The van der Waals surface area contributed by atoms with E-state index in [2.05, 4.69) is 49.4 Å². The molecule has 0 aromatic heterocycles. The molecule has 0 nitrogen and oxygen atoms in total. The number of rotatable bonds is 1. The van der Waals surface area contributed by atoms with Gasteiger partial charge in [0.15, 0.2) is 0 Å². The predicted octanol–water partition coefficient (Wildman–Crippen LogP) is 3.34. The highest BCUT2D eigenvalue weighted by molar-refractivity contribution is 5.70. The molecule has 0 heteroatoms. The Morgan fingerprint density at radius 1 is 1.08 bits per heavy atom. The van der Waals surface area contributed by atoms with Gasteiger partial charge in [-0.05, 0) is 24.5 Å². The summed E-state index contributed by atoms with van der Waals surface area (Å²) in [7, 11) is 0. The van der Waals surface area contributed by atoms with E-state index in [0.717, 1.165) is 6.42 Å². The van der Waals surface area contributed by atoms with Gasteiger partial charge in [-0.15, -0.1) is 0 Å². The van der Waals surface area contributed by atoms with E-state index in [4.69, 9.17) is 0 Å². The predicted molar refractivity (Wildman–Crippen MR) is 52.9 cm³/mol. The summed E-state index contributed by atoms with van der Waals surface area (Å²) in [6, 6.07) is 8.70. The zero-order chi connectivity index (χ0) is 8.39. The lowest BCUT2D eigenvalue weighted by atomic mass is 10.0. The maximum atomic E-state index is 2.19. The summed E-state index contributed by atoms with van der Waals surface area (Å²) in [6.07, 6.45) is 7.58. The van der Waals surface area contributed by atoms with Gasteiger partial charge < -0.3 is 0 Å². The van der Waals surface area contributed by atoms with Gasteiger partial charge in [-0.1, -0.05) is 48.1 Å². The van der Waals surface area contributed by atoms with Gasteiger partial charge >= 0.3 is 0 Å². The van der Waals surface area contributed by atoms with Crippen LogP contribution in [-0.4, -0.2) is 0 Å². The maximum absolute atomic E-state index is 2.19. The lowest BCUT2D eigenvalue weighted by molar-refractivity contribution is 1.40. The van der Waals surface area contributed by atoms with Crippen LogP contribution in [0.3, 0.4) is 0 Å². The number of benzene rings is 1. The van der Waals surface area contributed by atoms with Gasteiger partial charge in [-0.2, -0.15) is 0 Å². The van der Waals surface area contributed by atoms with Crippen LogP contribution in [0.2, 0.25) is 0 Å². The first-order valence-corrected chi connectivity index (χ1v) is 4.29. The van der Waals surface area contributed by atoms with Crippen LogP contribution in [0.25, 0.3) is 5.57 Å². The van der Waals surface area contributed by atoms with Crippen LogP contribution in [0, 0.1) is 6.92 Å². The van der Waals surface area contributed by atoms with Crippen LogP contribution >= 0.6 is 0 Å². The molecule has 0 radical (unpaired) electrons. The van der Waals surface area contributed by atoms with Gasteiger partial charge in [0.1, 0.15) is 0 Å². The molecule has 60 valence electrons. The molecule has 0 fully saturated rings. The van der Waals surface area contributed by atoms with E-state index in [1.54, 1.807) is 0 Å². The summed E-state index contributed by atoms with van der Waals surface area (Å²) in [4.78, 5) is 0. The molecule has 1 aliphatic rings. The molecular formula is C12H12. The molecule has 0 spiro atoms. The monoisotopic (exact) mass is 156 g/mol. The summed E-state index contributed by atoms with van der Waals surface area (Å²) in [6.45, 7) is 2.12. The van der Waals surface area contributed by atoms with Crippen molar-refractivity contribution in [2.45, 2.75) is 13.3 Å². The highest BCUT2D eigenvalue weighted by Gasteiger charge is 2.01. The van der Waals surface area contributed by atoms with E-state index in [-0.39, 0.29) is 0 Å². The van der Waals surface area contributed by atoms with Crippen molar-refractivity contribution in [3.05, 3.63) is 53.6 Å². The van der Waals surface area contributed by atoms with Crippen molar-refractivity contribution in [3.63, 3.8) is 0 Å². The van der Waals surface area contributed by atoms with Gasteiger partial charge in [0.2, 0.25) is 0 Å². The Morgan fingerprint density at radius 3 is 2.42 bits per heavy atom. The Labute approximate surface area is 73.2 Å². The van der Waals surface area contributed by atoms with Crippen molar-refractivity contribution in [2.24, 2.45) is 0 Å². The van der Waals surface area contributed by atoms with Crippen LogP contribution in [-0.2, 0) is 0 Å². The Morgan fingerprint density at radius 2 is 1.83 bits per heavy atom. The average Bonchev–Trinajstić information content (AvgIpc) is 2.58. The summed E-state index contributed by atoms with van der Waals surface area (Å²) in [5, 5.41) is 0. The molecule has 12 heavy (non-hydrogen) atoms. The van der Waals surface area contributed by atoms with Gasteiger partial charge in [-0.3, -0.25) is 0 Å². The topological polar surface area (TPSA) is 0 Å². The van der Waals surface area contributed by atoms with Crippen molar-refractivity contribution in [1.82, 2.24) is 0 Å². The summed E-state index contributed by atoms with van der Waals surface area (Å²) in [5.74, 6) is 0. The highest BCUT2D eigenvalue weighted by Crippen LogP contribution is 2.22. The Hall–Kier alpha value is -1.30. The van der Waals surface area contributed by atoms with Crippen molar-refractivity contribution < 1.29 is 0 Å². The molecule has 0 atom stereocenters. The minimum absolute atomic E-state index is 1.09. The minimum atomic E-state index is 1.09. The van der Waals surface area contributed by atoms with Crippen molar-refractivity contribution in [2.75, 3.05) is 0 Å². The molecule has 0 N–H and O–H groups in total. The van der Waals surface area contributed by atoms with E-state index >= 15 is 0 Å². The van der Waals surface area contributed by atoms with Crippen molar-refractivity contribution in [1.29, 1.82) is 0 Å². The number of hydrogen-bond donors (Lipinski definition) is 0. The molecule has 0 bridgehead atoms. The second kappa shape index (κ2) is 2.98. The smallest absolute Gasteiger partial charge is 0.00884 e. The molecule has 2 rings (SSSR count). The first-order valence-electron chi connectivity index (χ1n) is 4.29. The maximum Gasteiger partial charge on any atom is -0.00884 e. The largest absolute Gasteiger partial charge is 0.0801 e. The zero-order valence-electron chi connectivity index (χ0n) is 7.25. The lowest BCUT2D eigenvalue weighted by Crippen LogP contribution is -1.80. The Kier molecular flexibility index (Phi) is 1.83. The quantitative estimate of drug-likeness (QED) is 0.585. The molecule has 0 aliphatic heterocycles. The third kappa shape index (κ3) is 1.33. The molecule has 0 amide bonds. The fraction of sp³-hybridized carbons (Fsp3) is 0.167. The average molecular weight is 156 g/mol. The van der Waals surface area contributed by atoms with Crippen LogP contribution < -0.4 is 0 Å². The second-order valence-corrected chi connectivity index (χ2v) is 3.19. The number of hydrogen-bond acceptors (Lipinski definition) is 0. The first kappa shape index (κ1) is 7.35. The van der Waals surface area contributed by atoms with Crippen molar-refractivity contribution >= 4 is 5.57 Å². The Bertz CT molecular complexity index is 326. The van der Waals surface area contributed by atoms with Gasteiger partial charge in [0, 0.05) is 0 Å². The van der Waals surface area contributed by atoms with Crippen LogP contribution in [0.15, 0.2) is 42.5 Å². The highest BCUT2D eigenvalue weighted by atomic mass is 14.1. The van der Waals surface area contributed by atoms with Gasteiger partial charge in [-0.25, -0.2) is 0 Å².